The van der Waals surface area contributed by atoms with Crippen LogP contribution in [0.2, 0.25) is 0 Å². The molecular formula is C29H41N3O7. The highest BCUT2D eigenvalue weighted by Crippen LogP contribution is 2.26. The van der Waals surface area contributed by atoms with Gasteiger partial charge in [-0.25, -0.2) is 4.79 Å². The largest absolute Gasteiger partial charge is 0.481 e. The van der Waals surface area contributed by atoms with Crippen LogP contribution in [-0.2, 0) is 23.8 Å². The number of anilines is 1. The molecule has 0 aliphatic carbocycles. The van der Waals surface area contributed by atoms with Crippen LogP contribution in [0.4, 0.5) is 10.5 Å². The summed E-state index contributed by atoms with van der Waals surface area (Å²) in [5.41, 5.74) is 1.81. The van der Waals surface area contributed by atoms with Crippen molar-refractivity contribution in [3.8, 4) is 0 Å². The molecule has 2 rings (SSSR count). The lowest BCUT2D eigenvalue weighted by Crippen LogP contribution is -2.34. The molecule has 1 unspecified atom stereocenters. The van der Waals surface area contributed by atoms with Crippen molar-refractivity contribution in [1.29, 1.82) is 0 Å². The Hall–Kier alpha value is -3.63. The van der Waals surface area contributed by atoms with Crippen LogP contribution in [0.5, 0.6) is 0 Å². The molecule has 10 heteroatoms. The van der Waals surface area contributed by atoms with Crippen molar-refractivity contribution in [1.82, 2.24) is 10.6 Å². The van der Waals surface area contributed by atoms with Crippen LogP contribution in [0.15, 0.2) is 54.6 Å². The summed E-state index contributed by atoms with van der Waals surface area (Å²) < 4.78 is 15.9. The molecule has 0 saturated carbocycles. The summed E-state index contributed by atoms with van der Waals surface area (Å²) in [6, 6.07) is 16.5. The molecule has 2 amide bonds. The maximum Gasteiger partial charge on any atom is 0.407 e. The number of hydrogen-bond donors (Lipinski definition) is 4. The Kier molecular flexibility index (Phi) is 13.8. The first kappa shape index (κ1) is 31.6. The van der Waals surface area contributed by atoms with Gasteiger partial charge in [-0.2, -0.15) is 0 Å². The fourth-order valence-corrected chi connectivity index (χ4v) is 3.58. The van der Waals surface area contributed by atoms with Gasteiger partial charge in [0.15, 0.2) is 0 Å². The Labute approximate surface area is 230 Å². The maximum atomic E-state index is 11.9. The molecule has 0 aliphatic heterocycles. The predicted octanol–water partition coefficient (Wildman–Crippen LogP) is 3.77. The lowest BCUT2D eigenvalue weighted by atomic mass is 9.91. The molecule has 0 heterocycles. The van der Waals surface area contributed by atoms with Gasteiger partial charge in [-0.05, 0) is 50.5 Å². The molecule has 0 aromatic heterocycles. The zero-order valence-corrected chi connectivity index (χ0v) is 23.0. The van der Waals surface area contributed by atoms with Gasteiger partial charge in [-0.1, -0.05) is 42.5 Å². The number of hydrogen-bond acceptors (Lipinski definition) is 7. The van der Waals surface area contributed by atoms with E-state index in [0.29, 0.717) is 46.1 Å². The number of ether oxygens (including phenoxy) is 3. The molecular weight excluding hydrogens is 502 g/mol. The molecule has 214 valence electrons. The summed E-state index contributed by atoms with van der Waals surface area (Å²) in [7, 11) is 0. The number of rotatable bonds is 17. The molecule has 1 atom stereocenters. The lowest BCUT2D eigenvalue weighted by Gasteiger charge is -2.19. The van der Waals surface area contributed by atoms with Crippen LogP contribution in [0.3, 0.4) is 0 Å². The molecule has 2 aromatic carbocycles. The van der Waals surface area contributed by atoms with Gasteiger partial charge in [0.05, 0.1) is 26.4 Å². The van der Waals surface area contributed by atoms with E-state index in [4.69, 9.17) is 14.2 Å². The van der Waals surface area contributed by atoms with Crippen molar-refractivity contribution in [2.45, 2.75) is 45.1 Å². The van der Waals surface area contributed by atoms with E-state index in [1.54, 1.807) is 20.8 Å². The first-order valence-electron chi connectivity index (χ1n) is 13.2. The zero-order valence-electron chi connectivity index (χ0n) is 23.0. The Morgan fingerprint density at radius 2 is 1.44 bits per heavy atom. The first-order valence-corrected chi connectivity index (χ1v) is 13.2. The zero-order chi connectivity index (χ0) is 28.5. The van der Waals surface area contributed by atoms with E-state index < -0.39 is 23.6 Å². The highest BCUT2D eigenvalue weighted by molar-refractivity contribution is 5.80. The fraction of sp³-hybridized carbons (Fsp3) is 0.483. The summed E-state index contributed by atoms with van der Waals surface area (Å²) in [6.07, 6.45) is 0.524. The number of amides is 2. The van der Waals surface area contributed by atoms with Crippen LogP contribution in [0.1, 0.15) is 50.7 Å². The number of benzene rings is 2. The molecule has 0 radical (unpaired) electrons. The van der Waals surface area contributed by atoms with E-state index in [1.807, 2.05) is 54.6 Å². The third-order valence-corrected chi connectivity index (χ3v) is 5.39. The number of carbonyl (C=O) groups is 3. The van der Waals surface area contributed by atoms with E-state index in [9.17, 15) is 19.5 Å². The predicted molar refractivity (Wildman–Crippen MR) is 149 cm³/mol. The minimum absolute atomic E-state index is 0.0811. The highest BCUT2D eigenvalue weighted by atomic mass is 16.6. The van der Waals surface area contributed by atoms with Gasteiger partial charge in [-0.15, -0.1) is 0 Å². The number of alkyl carbamates (subject to hydrolysis) is 1. The van der Waals surface area contributed by atoms with E-state index >= 15 is 0 Å². The molecule has 2 aromatic rings. The molecule has 0 fully saturated rings. The molecule has 4 N–H and O–H groups in total. The van der Waals surface area contributed by atoms with Crippen molar-refractivity contribution >= 4 is 23.7 Å². The summed E-state index contributed by atoms with van der Waals surface area (Å²) in [4.78, 5) is 35.2. The number of carboxylic acid groups (broad SMARTS) is 1. The fourth-order valence-electron chi connectivity index (χ4n) is 3.58. The van der Waals surface area contributed by atoms with Gasteiger partial charge in [0.2, 0.25) is 5.91 Å². The van der Waals surface area contributed by atoms with Crippen molar-refractivity contribution in [3.63, 3.8) is 0 Å². The Balaban J connectivity index is 1.49. The van der Waals surface area contributed by atoms with Gasteiger partial charge < -0.3 is 35.3 Å². The third-order valence-electron chi connectivity index (χ3n) is 5.39. The van der Waals surface area contributed by atoms with Crippen LogP contribution < -0.4 is 16.0 Å². The molecule has 10 nitrogen and oxygen atoms in total. The van der Waals surface area contributed by atoms with E-state index in [0.717, 1.165) is 23.2 Å². The number of aliphatic carboxylic acids is 1. The second kappa shape index (κ2) is 17.1. The second-order valence-corrected chi connectivity index (χ2v) is 9.84. The quantitative estimate of drug-likeness (QED) is 0.222. The van der Waals surface area contributed by atoms with E-state index in [-0.39, 0.29) is 12.3 Å². The summed E-state index contributed by atoms with van der Waals surface area (Å²) in [5, 5.41) is 18.4. The second-order valence-electron chi connectivity index (χ2n) is 9.84. The lowest BCUT2D eigenvalue weighted by molar-refractivity contribution is -0.137. The van der Waals surface area contributed by atoms with Gasteiger partial charge in [0.1, 0.15) is 11.5 Å². The van der Waals surface area contributed by atoms with Crippen LogP contribution in [0, 0.1) is 0 Å². The summed E-state index contributed by atoms with van der Waals surface area (Å²) in [5.74, 6) is -1.68. The van der Waals surface area contributed by atoms with Crippen molar-refractivity contribution < 1.29 is 33.7 Å². The first-order chi connectivity index (χ1) is 18.7. The smallest absolute Gasteiger partial charge is 0.407 e. The number of carboxylic acids is 1. The van der Waals surface area contributed by atoms with E-state index in [1.165, 1.54) is 0 Å². The molecule has 39 heavy (non-hydrogen) atoms. The average molecular weight is 544 g/mol. The van der Waals surface area contributed by atoms with Gasteiger partial charge >= 0.3 is 12.1 Å². The Morgan fingerprint density at radius 1 is 0.795 bits per heavy atom. The molecule has 0 aliphatic rings. The van der Waals surface area contributed by atoms with Crippen LogP contribution >= 0.6 is 0 Å². The highest BCUT2D eigenvalue weighted by Gasteiger charge is 2.21. The number of carbonyl (C=O) groups excluding carboxylic acids is 2. The van der Waals surface area contributed by atoms with Crippen molar-refractivity contribution in [3.05, 3.63) is 65.7 Å². The Morgan fingerprint density at radius 3 is 2.08 bits per heavy atom. The SMILES string of the molecule is CC(C)(C)OC(=O)NCCOCCOCCC(=O)NCCCNc1ccc(C(C(=O)O)c2ccccc2)cc1. The topological polar surface area (TPSA) is 135 Å². The third kappa shape index (κ3) is 13.6. The molecule has 0 saturated heterocycles. The van der Waals surface area contributed by atoms with E-state index in [2.05, 4.69) is 16.0 Å². The average Bonchev–Trinajstić information content (AvgIpc) is 2.88. The van der Waals surface area contributed by atoms with Gasteiger partial charge in [0.25, 0.3) is 0 Å². The summed E-state index contributed by atoms with van der Waals surface area (Å²) in [6.45, 7) is 8.32. The number of nitrogens with one attached hydrogen (secondary N) is 3. The van der Waals surface area contributed by atoms with Gasteiger partial charge in [0, 0.05) is 31.7 Å². The normalized spacial score (nSPS) is 11.9. The monoisotopic (exact) mass is 543 g/mol. The molecule has 0 spiro atoms. The van der Waals surface area contributed by atoms with Crippen molar-refractivity contribution in [2.75, 3.05) is 51.4 Å². The molecule has 0 bridgehead atoms. The Bertz CT molecular complexity index is 1010. The van der Waals surface area contributed by atoms with Crippen molar-refractivity contribution in [2.24, 2.45) is 0 Å². The maximum absolute atomic E-state index is 11.9. The minimum Gasteiger partial charge on any atom is -0.481 e. The van der Waals surface area contributed by atoms with Crippen LogP contribution in [0.25, 0.3) is 0 Å². The van der Waals surface area contributed by atoms with Gasteiger partial charge in [-0.3, -0.25) is 9.59 Å². The standard InChI is InChI=1S/C29H41N3O7/c1-29(2,3)39-28(36)32-17-19-38-21-20-37-18-14-25(33)31-16-7-15-30-24-12-10-23(11-13-24)26(27(34)35)22-8-5-4-6-9-22/h4-6,8-13,26,30H,7,14-21H2,1-3H3,(H,31,33)(H,32,36)(H,34,35). The van der Waals surface area contributed by atoms with Crippen LogP contribution in [-0.4, -0.2) is 74.7 Å². The summed E-state index contributed by atoms with van der Waals surface area (Å²) >= 11 is 0. The minimum atomic E-state index is -0.888.